The topological polar surface area (TPSA) is 50.3 Å². The summed E-state index contributed by atoms with van der Waals surface area (Å²) < 4.78 is 5.99. The van der Waals surface area contributed by atoms with Gasteiger partial charge in [-0.3, -0.25) is 0 Å². The van der Waals surface area contributed by atoms with E-state index in [1.54, 1.807) is 6.20 Å². The summed E-state index contributed by atoms with van der Waals surface area (Å²) in [5.41, 5.74) is 2.92. The van der Waals surface area contributed by atoms with Crippen molar-refractivity contribution < 1.29 is 4.74 Å². The van der Waals surface area contributed by atoms with Gasteiger partial charge in [-0.1, -0.05) is 36.4 Å². The summed E-state index contributed by atoms with van der Waals surface area (Å²) in [6.07, 6.45) is 1.75. The zero-order valence-electron chi connectivity index (χ0n) is 14.6. The predicted octanol–water partition coefficient (Wildman–Crippen LogP) is 3.13. The summed E-state index contributed by atoms with van der Waals surface area (Å²) in [7, 11) is 0. The Kier molecular flexibility index (Phi) is 5.07. The second kappa shape index (κ2) is 7.97. The molecule has 1 fully saturated rings. The molecule has 5 heteroatoms. The van der Waals surface area contributed by atoms with Crippen LogP contribution in [-0.4, -0.2) is 36.1 Å². The van der Waals surface area contributed by atoms with E-state index in [0.717, 1.165) is 48.8 Å². The van der Waals surface area contributed by atoms with Crippen LogP contribution in [0.25, 0.3) is 11.3 Å². The number of nitrogens with zero attached hydrogens (tertiary/aromatic N) is 3. The van der Waals surface area contributed by atoms with Crippen molar-refractivity contribution in [1.82, 2.24) is 15.3 Å². The zero-order valence-corrected chi connectivity index (χ0v) is 14.6. The van der Waals surface area contributed by atoms with E-state index in [-0.39, 0.29) is 0 Å². The molecular formula is C21H22N4O. The molecule has 1 aromatic carbocycles. The van der Waals surface area contributed by atoms with Crippen LogP contribution in [0.1, 0.15) is 5.56 Å². The van der Waals surface area contributed by atoms with E-state index in [0.29, 0.717) is 12.5 Å². The number of benzene rings is 1. The number of piperazine rings is 1. The predicted molar refractivity (Wildman–Crippen MR) is 103 cm³/mol. The summed E-state index contributed by atoms with van der Waals surface area (Å²) in [4.78, 5) is 11.6. The molecular weight excluding hydrogens is 324 g/mol. The highest BCUT2D eigenvalue weighted by Crippen LogP contribution is 2.28. The summed E-state index contributed by atoms with van der Waals surface area (Å²) >= 11 is 0. The first-order valence-corrected chi connectivity index (χ1v) is 8.95. The van der Waals surface area contributed by atoms with Crippen LogP contribution < -0.4 is 15.0 Å². The lowest BCUT2D eigenvalue weighted by Gasteiger charge is -2.28. The van der Waals surface area contributed by atoms with Gasteiger partial charge < -0.3 is 15.0 Å². The monoisotopic (exact) mass is 346 g/mol. The minimum absolute atomic E-state index is 0.488. The van der Waals surface area contributed by atoms with Crippen LogP contribution in [0.2, 0.25) is 0 Å². The third kappa shape index (κ3) is 3.83. The molecule has 1 N–H and O–H groups in total. The summed E-state index contributed by atoms with van der Waals surface area (Å²) in [6, 6.07) is 20.2. The van der Waals surface area contributed by atoms with Gasteiger partial charge in [0.05, 0.1) is 11.3 Å². The van der Waals surface area contributed by atoms with E-state index in [1.165, 1.54) is 0 Å². The fourth-order valence-electron chi connectivity index (χ4n) is 3.07. The van der Waals surface area contributed by atoms with Crippen LogP contribution in [0.15, 0.2) is 66.9 Å². The minimum atomic E-state index is 0.488. The molecule has 1 aliphatic heterocycles. The van der Waals surface area contributed by atoms with E-state index >= 15 is 0 Å². The van der Waals surface area contributed by atoms with Gasteiger partial charge in [-0.25, -0.2) is 9.97 Å². The molecule has 132 valence electrons. The third-order valence-electron chi connectivity index (χ3n) is 4.44. The first-order chi connectivity index (χ1) is 12.9. The fourth-order valence-corrected chi connectivity index (χ4v) is 3.07. The van der Waals surface area contributed by atoms with Crippen LogP contribution in [0.5, 0.6) is 5.88 Å². The molecule has 5 nitrogen and oxygen atoms in total. The van der Waals surface area contributed by atoms with Crippen molar-refractivity contribution in [2.24, 2.45) is 0 Å². The number of ether oxygens (including phenoxy) is 1. The smallest absolute Gasteiger partial charge is 0.223 e. The number of rotatable bonds is 5. The third-order valence-corrected chi connectivity index (χ3v) is 4.44. The highest BCUT2D eigenvalue weighted by molar-refractivity contribution is 5.66. The molecule has 0 atom stereocenters. The maximum atomic E-state index is 5.99. The lowest BCUT2D eigenvalue weighted by molar-refractivity contribution is 0.295. The molecule has 26 heavy (non-hydrogen) atoms. The Labute approximate surface area is 153 Å². The molecule has 0 spiro atoms. The highest BCUT2D eigenvalue weighted by Gasteiger charge is 2.14. The Hall–Kier alpha value is -2.92. The van der Waals surface area contributed by atoms with Gasteiger partial charge in [-0.05, 0) is 29.8 Å². The van der Waals surface area contributed by atoms with Crippen molar-refractivity contribution in [3.05, 3.63) is 72.4 Å². The van der Waals surface area contributed by atoms with Crippen molar-refractivity contribution >= 4 is 5.82 Å². The van der Waals surface area contributed by atoms with Gasteiger partial charge in [0.1, 0.15) is 12.4 Å². The molecule has 0 amide bonds. The molecule has 1 saturated heterocycles. The summed E-state index contributed by atoms with van der Waals surface area (Å²) in [5, 5.41) is 3.37. The van der Waals surface area contributed by atoms with Gasteiger partial charge in [-0.15, -0.1) is 0 Å². The minimum Gasteiger partial charge on any atom is -0.472 e. The number of hydrogen-bond donors (Lipinski definition) is 1. The molecule has 0 bridgehead atoms. The van der Waals surface area contributed by atoms with Crippen LogP contribution in [0.3, 0.4) is 0 Å². The Morgan fingerprint density at radius 1 is 0.923 bits per heavy atom. The normalized spacial score (nSPS) is 14.2. The lowest BCUT2D eigenvalue weighted by Crippen LogP contribution is -2.43. The molecule has 0 saturated carbocycles. The molecule has 0 radical (unpaired) electrons. The summed E-state index contributed by atoms with van der Waals surface area (Å²) in [6.45, 7) is 4.42. The van der Waals surface area contributed by atoms with Gasteiger partial charge in [0, 0.05) is 32.4 Å². The first kappa shape index (κ1) is 16.5. The SMILES string of the molecule is c1ccc(COc2ncccc2-c2cccc(N3CCNCC3)n2)cc1. The van der Waals surface area contributed by atoms with Crippen LogP contribution in [0, 0.1) is 0 Å². The Bertz CT molecular complexity index is 847. The number of hydrogen-bond acceptors (Lipinski definition) is 5. The van der Waals surface area contributed by atoms with E-state index in [1.807, 2.05) is 54.6 Å². The molecule has 3 aromatic rings. The van der Waals surface area contributed by atoms with Crippen molar-refractivity contribution in [3.8, 4) is 17.1 Å². The van der Waals surface area contributed by atoms with E-state index in [9.17, 15) is 0 Å². The average Bonchev–Trinajstić information content (AvgIpc) is 2.74. The molecule has 2 aromatic heterocycles. The fraction of sp³-hybridized carbons (Fsp3) is 0.238. The van der Waals surface area contributed by atoms with Crippen LogP contribution in [0.4, 0.5) is 5.82 Å². The highest BCUT2D eigenvalue weighted by atomic mass is 16.5. The molecule has 3 heterocycles. The van der Waals surface area contributed by atoms with E-state index < -0.39 is 0 Å². The van der Waals surface area contributed by atoms with Gasteiger partial charge >= 0.3 is 0 Å². The van der Waals surface area contributed by atoms with Gasteiger partial charge in [0.25, 0.3) is 0 Å². The number of aromatic nitrogens is 2. The Balaban J connectivity index is 1.57. The Morgan fingerprint density at radius 3 is 2.62 bits per heavy atom. The van der Waals surface area contributed by atoms with Crippen molar-refractivity contribution in [3.63, 3.8) is 0 Å². The largest absolute Gasteiger partial charge is 0.472 e. The van der Waals surface area contributed by atoms with Crippen LogP contribution in [-0.2, 0) is 6.61 Å². The second-order valence-electron chi connectivity index (χ2n) is 6.25. The number of pyridine rings is 2. The van der Waals surface area contributed by atoms with Gasteiger partial charge in [-0.2, -0.15) is 0 Å². The molecule has 4 rings (SSSR count). The number of nitrogens with one attached hydrogen (secondary N) is 1. The maximum Gasteiger partial charge on any atom is 0.223 e. The number of anilines is 1. The molecule has 1 aliphatic rings. The van der Waals surface area contributed by atoms with Crippen LogP contribution >= 0.6 is 0 Å². The van der Waals surface area contributed by atoms with Crippen molar-refractivity contribution in [1.29, 1.82) is 0 Å². The van der Waals surface area contributed by atoms with Gasteiger partial charge in [0.15, 0.2) is 0 Å². The lowest BCUT2D eigenvalue weighted by atomic mass is 10.1. The van der Waals surface area contributed by atoms with Crippen molar-refractivity contribution in [2.75, 3.05) is 31.1 Å². The standard InChI is InChI=1S/C21H22N4O/c1-2-6-17(7-3-1)16-26-21-18(8-5-11-23-21)19-9-4-10-20(24-19)25-14-12-22-13-15-25/h1-11,22H,12-16H2. The van der Waals surface area contributed by atoms with E-state index in [4.69, 9.17) is 9.72 Å². The quantitative estimate of drug-likeness (QED) is 0.769. The zero-order chi connectivity index (χ0) is 17.6. The molecule has 0 unspecified atom stereocenters. The van der Waals surface area contributed by atoms with E-state index in [2.05, 4.69) is 21.3 Å². The second-order valence-corrected chi connectivity index (χ2v) is 6.25. The Morgan fingerprint density at radius 2 is 1.77 bits per heavy atom. The molecule has 0 aliphatic carbocycles. The average molecular weight is 346 g/mol. The first-order valence-electron chi connectivity index (χ1n) is 8.95. The maximum absolute atomic E-state index is 5.99. The van der Waals surface area contributed by atoms with Crippen molar-refractivity contribution in [2.45, 2.75) is 6.61 Å². The van der Waals surface area contributed by atoms with Gasteiger partial charge in [0.2, 0.25) is 5.88 Å². The summed E-state index contributed by atoms with van der Waals surface area (Å²) in [5.74, 6) is 1.61.